The van der Waals surface area contributed by atoms with Gasteiger partial charge in [0.15, 0.2) is 0 Å². The second-order valence-electron chi connectivity index (χ2n) is 6.53. The first-order valence-electron chi connectivity index (χ1n) is 9.51. The number of nitrogens with zero attached hydrogens (tertiary/aromatic N) is 1. The van der Waals surface area contributed by atoms with E-state index in [0.29, 0.717) is 16.8 Å². The van der Waals surface area contributed by atoms with Crippen molar-refractivity contribution in [1.82, 2.24) is 0 Å². The first-order valence-corrected chi connectivity index (χ1v) is 10.5. The van der Waals surface area contributed by atoms with Crippen LogP contribution in [0.5, 0.6) is 0 Å². The van der Waals surface area contributed by atoms with Gasteiger partial charge in [-0.25, -0.2) is 0 Å². The molecular weight excluding hydrogens is 394 g/mol. The van der Waals surface area contributed by atoms with E-state index in [9.17, 15) is 9.59 Å². The molecule has 0 saturated carbocycles. The lowest BCUT2D eigenvalue weighted by Gasteiger charge is -2.11. The summed E-state index contributed by atoms with van der Waals surface area (Å²) in [5, 5.41) is 14.6. The van der Waals surface area contributed by atoms with Gasteiger partial charge in [0.25, 0.3) is 5.91 Å². The number of carbonyl (C=O) groups excluding carboxylic acids is 2. The highest BCUT2D eigenvalue weighted by molar-refractivity contribution is 8.00. The summed E-state index contributed by atoms with van der Waals surface area (Å²) in [7, 11) is 0. The molecule has 2 amide bonds. The van der Waals surface area contributed by atoms with Gasteiger partial charge in [0.1, 0.15) is 0 Å². The molecule has 150 valence electrons. The molecule has 0 fully saturated rings. The number of nitrogens with one attached hydrogen (secondary N) is 2. The fourth-order valence-corrected chi connectivity index (χ4v) is 3.66. The van der Waals surface area contributed by atoms with Gasteiger partial charge in [-0.15, -0.1) is 11.8 Å². The minimum atomic E-state index is -0.218. The number of amides is 2. The van der Waals surface area contributed by atoms with Crippen LogP contribution >= 0.6 is 11.8 Å². The molecule has 0 unspecified atom stereocenters. The molecule has 3 aromatic carbocycles. The van der Waals surface area contributed by atoms with Gasteiger partial charge in [-0.05, 0) is 54.4 Å². The van der Waals surface area contributed by atoms with Crippen molar-refractivity contribution in [3.8, 4) is 6.07 Å². The third-order valence-electron chi connectivity index (χ3n) is 4.39. The van der Waals surface area contributed by atoms with Crippen LogP contribution in [0.2, 0.25) is 0 Å². The van der Waals surface area contributed by atoms with E-state index in [2.05, 4.69) is 17.6 Å². The quantitative estimate of drug-likeness (QED) is 0.526. The van der Waals surface area contributed by atoms with Crippen LogP contribution < -0.4 is 10.6 Å². The minimum absolute atomic E-state index is 0.145. The predicted octanol–water partition coefficient (Wildman–Crippen LogP) is 5.10. The number of benzene rings is 3. The fraction of sp³-hybridized carbons (Fsp3) is 0.125. The molecule has 0 bridgehead atoms. The molecule has 3 aromatic rings. The van der Waals surface area contributed by atoms with Gasteiger partial charge in [0, 0.05) is 16.3 Å². The van der Waals surface area contributed by atoms with E-state index < -0.39 is 0 Å². The van der Waals surface area contributed by atoms with Crippen LogP contribution in [-0.4, -0.2) is 17.6 Å². The van der Waals surface area contributed by atoms with E-state index in [4.69, 9.17) is 5.26 Å². The highest BCUT2D eigenvalue weighted by Gasteiger charge is 2.13. The van der Waals surface area contributed by atoms with Gasteiger partial charge in [0.2, 0.25) is 5.91 Å². The van der Waals surface area contributed by atoms with E-state index in [-0.39, 0.29) is 17.6 Å². The average Bonchev–Trinajstić information content (AvgIpc) is 2.78. The smallest absolute Gasteiger partial charge is 0.256 e. The van der Waals surface area contributed by atoms with E-state index >= 15 is 0 Å². The first-order chi connectivity index (χ1) is 14.6. The van der Waals surface area contributed by atoms with Crippen molar-refractivity contribution < 1.29 is 9.59 Å². The molecule has 30 heavy (non-hydrogen) atoms. The van der Waals surface area contributed by atoms with Crippen molar-refractivity contribution in [1.29, 1.82) is 5.26 Å². The molecule has 0 heterocycles. The number of hydrogen-bond acceptors (Lipinski definition) is 4. The normalized spacial score (nSPS) is 10.1. The second kappa shape index (κ2) is 10.3. The fourth-order valence-electron chi connectivity index (χ4n) is 2.81. The van der Waals surface area contributed by atoms with Crippen molar-refractivity contribution in [3.05, 3.63) is 89.5 Å². The zero-order chi connectivity index (χ0) is 21.3. The van der Waals surface area contributed by atoms with Crippen LogP contribution in [0.25, 0.3) is 0 Å². The molecule has 0 aliphatic carbocycles. The SMILES string of the molecule is CCc1ccc(NC(=O)c2ccccc2SCC(=O)Nc2cccc(C#N)c2)cc1. The van der Waals surface area contributed by atoms with Crippen LogP contribution in [0.3, 0.4) is 0 Å². The Labute approximate surface area is 180 Å². The summed E-state index contributed by atoms with van der Waals surface area (Å²) in [5.41, 5.74) is 3.50. The van der Waals surface area contributed by atoms with Crippen LogP contribution in [-0.2, 0) is 11.2 Å². The maximum absolute atomic E-state index is 12.7. The zero-order valence-electron chi connectivity index (χ0n) is 16.5. The van der Waals surface area contributed by atoms with Gasteiger partial charge in [-0.3, -0.25) is 9.59 Å². The second-order valence-corrected chi connectivity index (χ2v) is 7.55. The first kappa shape index (κ1) is 21.2. The van der Waals surface area contributed by atoms with Crippen LogP contribution in [0.1, 0.15) is 28.4 Å². The van der Waals surface area contributed by atoms with Gasteiger partial charge in [-0.1, -0.05) is 37.3 Å². The Balaban J connectivity index is 1.63. The van der Waals surface area contributed by atoms with Crippen molar-refractivity contribution in [2.75, 3.05) is 16.4 Å². The molecule has 0 atom stereocenters. The summed E-state index contributed by atoms with van der Waals surface area (Å²) in [5.74, 6) is -0.281. The Morgan fingerprint density at radius 3 is 2.43 bits per heavy atom. The molecule has 6 heteroatoms. The number of nitriles is 1. The Bertz CT molecular complexity index is 1090. The highest BCUT2D eigenvalue weighted by atomic mass is 32.2. The largest absolute Gasteiger partial charge is 0.325 e. The zero-order valence-corrected chi connectivity index (χ0v) is 17.3. The molecule has 0 aliphatic heterocycles. The van der Waals surface area contributed by atoms with Gasteiger partial charge in [0.05, 0.1) is 22.9 Å². The molecule has 0 aliphatic rings. The van der Waals surface area contributed by atoms with Crippen LogP contribution in [0, 0.1) is 11.3 Å². The number of anilines is 2. The van der Waals surface area contributed by atoms with Crippen molar-refractivity contribution >= 4 is 35.0 Å². The van der Waals surface area contributed by atoms with Crippen molar-refractivity contribution in [3.63, 3.8) is 0 Å². The summed E-state index contributed by atoms with van der Waals surface area (Å²) in [6, 6.07) is 23.7. The topological polar surface area (TPSA) is 82.0 Å². The highest BCUT2D eigenvalue weighted by Crippen LogP contribution is 2.24. The lowest BCUT2D eigenvalue weighted by atomic mass is 10.1. The third kappa shape index (κ3) is 5.72. The lowest BCUT2D eigenvalue weighted by Crippen LogP contribution is -2.16. The van der Waals surface area contributed by atoms with Crippen molar-refractivity contribution in [2.45, 2.75) is 18.2 Å². The maximum Gasteiger partial charge on any atom is 0.256 e. The molecular formula is C24H21N3O2S. The van der Waals surface area contributed by atoms with Gasteiger partial charge >= 0.3 is 0 Å². The summed E-state index contributed by atoms with van der Waals surface area (Å²) in [6.07, 6.45) is 0.941. The third-order valence-corrected chi connectivity index (χ3v) is 5.46. The van der Waals surface area contributed by atoms with Crippen LogP contribution in [0.4, 0.5) is 11.4 Å². The standard InChI is InChI=1S/C24H21N3O2S/c1-2-17-10-12-19(13-11-17)27-24(29)21-8-3-4-9-22(21)30-16-23(28)26-20-7-5-6-18(14-20)15-25/h3-14H,2,16H2,1H3,(H,26,28)(H,27,29). The molecule has 5 nitrogen and oxygen atoms in total. The van der Waals surface area contributed by atoms with Crippen LogP contribution in [0.15, 0.2) is 77.7 Å². The number of rotatable bonds is 7. The minimum Gasteiger partial charge on any atom is -0.325 e. The van der Waals surface area contributed by atoms with E-state index in [1.54, 1.807) is 36.4 Å². The number of carbonyl (C=O) groups is 2. The molecule has 0 aromatic heterocycles. The molecule has 2 N–H and O–H groups in total. The Morgan fingerprint density at radius 1 is 0.933 bits per heavy atom. The van der Waals surface area contributed by atoms with Gasteiger partial charge in [-0.2, -0.15) is 5.26 Å². The van der Waals surface area contributed by atoms with Crippen molar-refractivity contribution in [2.24, 2.45) is 0 Å². The maximum atomic E-state index is 12.7. The summed E-state index contributed by atoms with van der Waals surface area (Å²) < 4.78 is 0. The van der Waals surface area contributed by atoms with E-state index in [1.165, 1.54) is 17.3 Å². The predicted molar refractivity (Wildman–Crippen MR) is 121 cm³/mol. The van der Waals surface area contributed by atoms with E-state index in [0.717, 1.165) is 17.0 Å². The lowest BCUT2D eigenvalue weighted by molar-refractivity contribution is -0.113. The Kier molecular flexibility index (Phi) is 7.25. The van der Waals surface area contributed by atoms with Gasteiger partial charge < -0.3 is 10.6 Å². The number of thioether (sulfide) groups is 1. The number of aryl methyl sites for hydroxylation is 1. The number of hydrogen-bond donors (Lipinski definition) is 2. The summed E-state index contributed by atoms with van der Waals surface area (Å²) >= 11 is 1.29. The molecule has 0 spiro atoms. The van der Waals surface area contributed by atoms with E-state index in [1.807, 2.05) is 42.5 Å². The molecule has 3 rings (SSSR count). The summed E-state index contributed by atoms with van der Waals surface area (Å²) in [4.78, 5) is 25.8. The Morgan fingerprint density at radius 2 is 1.70 bits per heavy atom. The molecule has 0 saturated heterocycles. The summed E-state index contributed by atoms with van der Waals surface area (Å²) in [6.45, 7) is 2.08. The average molecular weight is 416 g/mol. The monoisotopic (exact) mass is 415 g/mol. The molecule has 0 radical (unpaired) electrons. The Hall–Kier alpha value is -3.56.